The molecule has 0 aromatic rings. The number of hydrogen-bond donors (Lipinski definition) is 0. The first-order valence-electron chi connectivity index (χ1n) is 7.28. The van der Waals surface area contributed by atoms with Crippen LogP contribution in [0, 0.1) is 41.4 Å². The van der Waals surface area contributed by atoms with Gasteiger partial charge in [0, 0.05) is 11.3 Å². The van der Waals surface area contributed by atoms with Gasteiger partial charge in [0.25, 0.3) is 0 Å². The fraction of sp³-hybridized carbons (Fsp3) is 0.733. The summed E-state index contributed by atoms with van der Waals surface area (Å²) in [5.41, 5.74) is 0. The molecule has 0 radical (unpaired) electrons. The second kappa shape index (κ2) is 5.98. The van der Waals surface area contributed by atoms with Crippen LogP contribution >= 0.6 is 46.4 Å². The minimum absolute atomic E-state index is 0.0164. The Morgan fingerprint density at radius 3 is 1.74 bits per heavy atom. The van der Waals surface area contributed by atoms with Crippen molar-refractivity contribution in [3.05, 3.63) is 12.2 Å². The molecule has 0 spiro atoms. The zero-order valence-electron chi connectivity index (χ0n) is 12.4. The Morgan fingerprint density at radius 1 is 0.913 bits per heavy atom. The van der Waals surface area contributed by atoms with E-state index in [0.717, 1.165) is 0 Å². The number of carbonyl (C=O) groups is 2. The quantitative estimate of drug-likeness (QED) is 0.405. The second-order valence-corrected chi connectivity index (χ2v) is 9.18. The lowest BCUT2D eigenvalue weighted by atomic mass is 9.43. The van der Waals surface area contributed by atoms with Crippen LogP contribution in [0.4, 0.5) is 0 Å². The summed E-state index contributed by atoms with van der Waals surface area (Å²) in [6.07, 6.45) is 3.87. The predicted octanol–water partition coefficient (Wildman–Crippen LogP) is 3.22. The molecule has 0 amide bonds. The topological polar surface area (TPSA) is 52.6 Å². The van der Waals surface area contributed by atoms with Gasteiger partial charge >= 0.3 is 11.9 Å². The lowest BCUT2D eigenvalue weighted by molar-refractivity contribution is -0.178. The van der Waals surface area contributed by atoms with Crippen molar-refractivity contribution in [2.45, 2.75) is 9.17 Å². The van der Waals surface area contributed by atoms with Crippen LogP contribution in [-0.4, -0.2) is 35.3 Å². The number of rotatable bonds is 2. The molecule has 0 saturated heterocycles. The zero-order valence-corrected chi connectivity index (χ0v) is 15.4. The summed E-state index contributed by atoms with van der Waals surface area (Å²) < 4.78 is 8.30. The molecule has 0 aromatic carbocycles. The Balaban J connectivity index is 2.01. The van der Waals surface area contributed by atoms with E-state index in [1.807, 2.05) is 12.2 Å². The minimum Gasteiger partial charge on any atom is -0.469 e. The number of hydrogen-bond acceptors (Lipinski definition) is 4. The van der Waals surface area contributed by atoms with Crippen molar-refractivity contribution in [2.24, 2.45) is 41.4 Å². The smallest absolute Gasteiger partial charge is 0.310 e. The van der Waals surface area contributed by atoms with Crippen LogP contribution in [0.15, 0.2) is 12.2 Å². The Bertz CT molecular complexity index is 558. The number of alkyl halides is 4. The average Bonchev–Trinajstić information content (AvgIpc) is 2.49. The van der Waals surface area contributed by atoms with Gasteiger partial charge in [0.05, 0.1) is 26.1 Å². The van der Waals surface area contributed by atoms with E-state index in [1.165, 1.54) is 14.2 Å². The van der Waals surface area contributed by atoms with Crippen molar-refractivity contribution in [3.8, 4) is 0 Å². The lowest BCUT2D eigenvalue weighted by Crippen LogP contribution is -2.67. The number of allylic oxidation sites excluding steroid dienone is 2. The number of halogens is 4. The van der Waals surface area contributed by atoms with Crippen molar-refractivity contribution in [1.29, 1.82) is 0 Å². The first-order valence-corrected chi connectivity index (χ1v) is 8.85. The summed E-state index contributed by atoms with van der Waals surface area (Å²) in [6, 6.07) is 0. The van der Waals surface area contributed by atoms with Gasteiger partial charge < -0.3 is 9.47 Å². The highest BCUT2D eigenvalue weighted by molar-refractivity contribution is 6.68. The van der Waals surface area contributed by atoms with E-state index in [9.17, 15) is 9.59 Å². The Hall–Kier alpha value is -0.160. The van der Waals surface area contributed by atoms with E-state index in [0.29, 0.717) is 0 Å². The maximum absolute atomic E-state index is 12.3. The molecule has 8 heteroatoms. The van der Waals surface area contributed by atoms with Gasteiger partial charge in [-0.2, -0.15) is 0 Å². The van der Waals surface area contributed by atoms with Crippen molar-refractivity contribution >= 4 is 58.3 Å². The normalized spacial score (nSPS) is 44.3. The number of fused-ring (bicyclic) bond motifs is 1. The Labute approximate surface area is 154 Å². The number of methoxy groups -OCH3 is 2. The minimum atomic E-state index is -1.51. The van der Waals surface area contributed by atoms with Crippen molar-refractivity contribution < 1.29 is 19.1 Å². The van der Waals surface area contributed by atoms with Crippen LogP contribution in [0.2, 0.25) is 0 Å². The van der Waals surface area contributed by atoms with Crippen LogP contribution in [0.25, 0.3) is 0 Å². The Morgan fingerprint density at radius 2 is 1.35 bits per heavy atom. The summed E-state index contributed by atoms with van der Waals surface area (Å²) in [5.74, 6) is -3.04. The van der Waals surface area contributed by atoms with Crippen molar-refractivity contribution in [3.63, 3.8) is 0 Å². The highest BCUT2D eigenvalue weighted by atomic mass is 35.6. The average molecular weight is 402 g/mol. The lowest BCUT2D eigenvalue weighted by Gasteiger charge is -2.64. The highest BCUT2D eigenvalue weighted by Gasteiger charge is 2.69. The maximum atomic E-state index is 12.3. The first kappa shape index (κ1) is 17.7. The molecule has 23 heavy (non-hydrogen) atoms. The molecule has 1 unspecified atom stereocenters. The van der Waals surface area contributed by atoms with Crippen molar-refractivity contribution in [2.75, 3.05) is 14.2 Å². The molecule has 0 aliphatic heterocycles. The van der Waals surface area contributed by atoms with Crippen LogP contribution in [0.3, 0.4) is 0 Å². The maximum Gasteiger partial charge on any atom is 0.310 e. The molecular formula is C15H16Cl4O4. The highest BCUT2D eigenvalue weighted by Crippen LogP contribution is 2.67. The van der Waals surface area contributed by atoms with Crippen molar-refractivity contribution in [1.82, 2.24) is 0 Å². The van der Waals surface area contributed by atoms with E-state index >= 15 is 0 Å². The number of carbonyl (C=O) groups excluding carboxylic acids is 2. The van der Waals surface area contributed by atoms with E-state index in [4.69, 9.17) is 55.9 Å². The van der Waals surface area contributed by atoms with Gasteiger partial charge in [0.1, 0.15) is 0 Å². The molecule has 128 valence electrons. The standard InChI is InChI=1S/C15H16Cl4O4/c1-22-13(20)9-5-3-4-6(10(9)14(21)23-2)8-7(5)11(12(8)16)15(17,18)19/h3-12H,1-2H3/t5-,6+,7?,8-,9+,10+,11+,12-/m1/s1. The third kappa shape index (κ3) is 2.48. The molecule has 0 heterocycles. The molecule has 2 fully saturated rings. The van der Waals surface area contributed by atoms with E-state index in [1.54, 1.807) is 0 Å². The SMILES string of the molecule is COC(=O)[C@@H]1[C@@H](C(=O)OC)[C@H]2C=C[C@@H]1C1[C@@H]2[C@@H](Cl)[C@H]1C(Cl)(Cl)Cl. The van der Waals surface area contributed by atoms with Crippen LogP contribution in [0.5, 0.6) is 0 Å². The summed E-state index contributed by atoms with van der Waals surface area (Å²) in [6.45, 7) is 0. The van der Waals surface area contributed by atoms with E-state index in [2.05, 4.69) is 0 Å². The fourth-order valence-electron chi connectivity index (χ4n) is 4.71. The molecule has 4 aliphatic carbocycles. The van der Waals surface area contributed by atoms with Gasteiger partial charge in [-0.1, -0.05) is 47.0 Å². The predicted molar refractivity (Wildman–Crippen MR) is 87.5 cm³/mol. The molecule has 2 bridgehead atoms. The molecule has 2 saturated carbocycles. The molecular weight excluding hydrogens is 386 g/mol. The second-order valence-electron chi connectivity index (χ2n) is 6.30. The summed E-state index contributed by atoms with van der Waals surface area (Å²) >= 11 is 24.8. The van der Waals surface area contributed by atoms with E-state index < -0.39 is 27.6 Å². The third-order valence-corrected chi connectivity index (χ3v) is 6.87. The first-order chi connectivity index (χ1) is 10.7. The molecule has 4 nitrogen and oxygen atoms in total. The van der Waals surface area contributed by atoms with Gasteiger partial charge in [-0.25, -0.2) is 0 Å². The summed E-state index contributed by atoms with van der Waals surface area (Å²) in [4.78, 5) is 24.6. The van der Waals surface area contributed by atoms with Gasteiger partial charge in [0.15, 0.2) is 3.79 Å². The van der Waals surface area contributed by atoms with Crippen LogP contribution in [-0.2, 0) is 19.1 Å². The third-order valence-electron chi connectivity index (χ3n) is 5.56. The van der Waals surface area contributed by atoms with Gasteiger partial charge in [-0.15, -0.1) is 11.6 Å². The molecule has 0 aromatic heterocycles. The van der Waals surface area contributed by atoms with Crippen LogP contribution in [0.1, 0.15) is 0 Å². The van der Waals surface area contributed by atoms with Crippen LogP contribution < -0.4 is 0 Å². The summed E-state index contributed by atoms with van der Waals surface area (Å²) in [5, 5.41) is -0.365. The van der Waals surface area contributed by atoms with Gasteiger partial charge in [-0.05, 0) is 23.7 Å². The molecule has 0 N–H and O–H groups in total. The number of ether oxygens (including phenoxy) is 2. The fourth-order valence-corrected chi connectivity index (χ4v) is 6.44. The zero-order chi connectivity index (χ0) is 17.1. The molecule has 8 atom stereocenters. The molecule has 4 aliphatic rings. The Kier molecular flexibility index (Phi) is 4.59. The molecule has 4 rings (SSSR count). The summed E-state index contributed by atoms with van der Waals surface area (Å²) in [7, 11) is 2.61. The van der Waals surface area contributed by atoms with Gasteiger partial charge in [-0.3, -0.25) is 9.59 Å². The van der Waals surface area contributed by atoms with E-state index in [-0.39, 0.29) is 35.0 Å². The number of esters is 2. The largest absolute Gasteiger partial charge is 0.469 e. The monoisotopic (exact) mass is 400 g/mol. The van der Waals surface area contributed by atoms with Gasteiger partial charge in [0.2, 0.25) is 0 Å².